The summed E-state index contributed by atoms with van der Waals surface area (Å²) in [5.74, 6) is 0.501. The Morgan fingerprint density at radius 1 is 1.12 bits per heavy atom. The van der Waals surface area contributed by atoms with Crippen molar-refractivity contribution in [3.63, 3.8) is 0 Å². The minimum Gasteiger partial charge on any atom is -0.339 e. The highest BCUT2D eigenvalue weighted by molar-refractivity contribution is 8.00. The fourth-order valence-electron chi connectivity index (χ4n) is 2.89. The Morgan fingerprint density at radius 2 is 1.68 bits per heavy atom. The van der Waals surface area contributed by atoms with E-state index in [0.717, 1.165) is 17.7 Å². The number of rotatable bonds is 5. The molecule has 25 heavy (non-hydrogen) atoms. The van der Waals surface area contributed by atoms with Gasteiger partial charge in [0.1, 0.15) is 0 Å². The number of carbonyl (C=O) groups is 2. The highest BCUT2D eigenvalue weighted by Gasteiger charge is 2.35. The Labute approximate surface area is 150 Å². The Bertz CT molecular complexity index is 667. The fraction of sp³-hybridized carbons (Fsp3) is 0.529. The average Bonchev–Trinajstić information content (AvgIpc) is 3.46. The lowest BCUT2D eigenvalue weighted by Crippen LogP contribution is -2.52. The lowest BCUT2D eigenvalue weighted by atomic mass is 10.2. The van der Waals surface area contributed by atoms with Crippen LogP contribution in [0.1, 0.15) is 19.8 Å². The first-order valence-electron chi connectivity index (χ1n) is 8.44. The lowest BCUT2D eigenvalue weighted by Gasteiger charge is -2.36. The van der Waals surface area contributed by atoms with E-state index in [1.807, 2.05) is 11.8 Å². The van der Waals surface area contributed by atoms with E-state index in [2.05, 4.69) is 0 Å². The molecule has 1 heterocycles. The van der Waals surface area contributed by atoms with Crippen LogP contribution in [0, 0.1) is 16.0 Å². The zero-order chi connectivity index (χ0) is 18.0. The van der Waals surface area contributed by atoms with Gasteiger partial charge in [-0.1, -0.05) is 0 Å². The molecule has 0 aromatic heterocycles. The first-order valence-corrected chi connectivity index (χ1v) is 9.32. The highest BCUT2D eigenvalue weighted by Crippen LogP contribution is 2.31. The van der Waals surface area contributed by atoms with Gasteiger partial charge in [-0.3, -0.25) is 19.7 Å². The molecular weight excluding hydrogens is 342 g/mol. The van der Waals surface area contributed by atoms with Gasteiger partial charge in [0.05, 0.1) is 10.2 Å². The topological polar surface area (TPSA) is 83.8 Å². The second-order valence-electron chi connectivity index (χ2n) is 6.44. The first-order chi connectivity index (χ1) is 12.0. The number of nitrogens with zero attached hydrogens (tertiary/aromatic N) is 3. The summed E-state index contributed by atoms with van der Waals surface area (Å²) in [6.07, 6.45) is 2.00. The molecule has 1 aromatic rings. The third kappa shape index (κ3) is 4.31. The maximum Gasteiger partial charge on any atom is 0.269 e. The van der Waals surface area contributed by atoms with Crippen molar-refractivity contribution in [2.75, 3.05) is 26.2 Å². The van der Waals surface area contributed by atoms with E-state index in [4.69, 9.17) is 0 Å². The van der Waals surface area contributed by atoms with E-state index in [0.29, 0.717) is 26.2 Å². The Kier molecular flexibility index (Phi) is 5.27. The molecule has 7 nitrogen and oxygen atoms in total. The summed E-state index contributed by atoms with van der Waals surface area (Å²) < 4.78 is 0. The number of hydrogen-bond acceptors (Lipinski definition) is 5. The van der Waals surface area contributed by atoms with E-state index in [-0.39, 0.29) is 28.7 Å². The van der Waals surface area contributed by atoms with Crippen molar-refractivity contribution in [1.29, 1.82) is 0 Å². The number of nitro groups is 1. The second-order valence-corrected chi connectivity index (χ2v) is 7.85. The molecule has 1 aliphatic heterocycles. The van der Waals surface area contributed by atoms with Gasteiger partial charge in [0, 0.05) is 49.1 Å². The molecule has 8 heteroatoms. The minimum absolute atomic E-state index is 0.0415. The van der Waals surface area contributed by atoms with Crippen LogP contribution in [0.3, 0.4) is 0 Å². The number of piperazine rings is 1. The molecule has 1 unspecified atom stereocenters. The number of amides is 2. The van der Waals surface area contributed by atoms with Gasteiger partial charge in [-0.15, -0.1) is 11.8 Å². The molecule has 0 bridgehead atoms. The number of thioether (sulfide) groups is 1. The largest absolute Gasteiger partial charge is 0.339 e. The van der Waals surface area contributed by atoms with Crippen LogP contribution in [-0.4, -0.2) is 58.0 Å². The summed E-state index contributed by atoms with van der Waals surface area (Å²) in [6.45, 7) is 4.20. The van der Waals surface area contributed by atoms with Crippen LogP contribution in [0.15, 0.2) is 29.2 Å². The molecule has 1 atom stereocenters. The van der Waals surface area contributed by atoms with Crippen molar-refractivity contribution in [3.8, 4) is 0 Å². The van der Waals surface area contributed by atoms with E-state index < -0.39 is 4.92 Å². The molecule has 134 valence electrons. The second kappa shape index (κ2) is 7.43. The molecule has 3 rings (SSSR count). The zero-order valence-corrected chi connectivity index (χ0v) is 14.9. The molecule has 2 fully saturated rings. The summed E-state index contributed by atoms with van der Waals surface area (Å²) in [5.41, 5.74) is 0.0415. The predicted molar refractivity (Wildman–Crippen MR) is 94.3 cm³/mol. The van der Waals surface area contributed by atoms with Crippen molar-refractivity contribution in [2.24, 2.45) is 5.92 Å². The number of benzene rings is 1. The van der Waals surface area contributed by atoms with Gasteiger partial charge in [-0.25, -0.2) is 0 Å². The standard InChI is InChI=1S/C17H21N3O4S/c1-12(25-15-6-4-14(5-7-15)20(23)24)16(21)18-8-10-19(11-9-18)17(22)13-2-3-13/h4-7,12-13H,2-3,8-11H2,1H3. The average molecular weight is 363 g/mol. The van der Waals surface area contributed by atoms with Crippen LogP contribution in [-0.2, 0) is 9.59 Å². The lowest BCUT2D eigenvalue weighted by molar-refractivity contribution is -0.384. The van der Waals surface area contributed by atoms with Gasteiger partial charge in [0.2, 0.25) is 11.8 Å². The quantitative estimate of drug-likeness (QED) is 0.455. The number of hydrogen-bond donors (Lipinski definition) is 0. The summed E-state index contributed by atoms with van der Waals surface area (Å²) in [7, 11) is 0. The van der Waals surface area contributed by atoms with E-state index in [9.17, 15) is 19.7 Å². The van der Waals surface area contributed by atoms with Crippen molar-refractivity contribution in [2.45, 2.75) is 29.9 Å². The van der Waals surface area contributed by atoms with Gasteiger partial charge in [0.25, 0.3) is 5.69 Å². The van der Waals surface area contributed by atoms with Crippen molar-refractivity contribution >= 4 is 29.3 Å². The summed E-state index contributed by atoms with van der Waals surface area (Å²) in [6, 6.07) is 6.22. The monoisotopic (exact) mass is 363 g/mol. The van der Waals surface area contributed by atoms with Crippen LogP contribution in [0.4, 0.5) is 5.69 Å². The van der Waals surface area contributed by atoms with E-state index in [1.165, 1.54) is 23.9 Å². The summed E-state index contributed by atoms with van der Waals surface area (Å²) in [5, 5.41) is 10.4. The van der Waals surface area contributed by atoms with Crippen molar-refractivity contribution in [3.05, 3.63) is 34.4 Å². The number of nitro benzene ring substituents is 1. The Hall–Kier alpha value is -2.09. The minimum atomic E-state index is -0.439. The maximum atomic E-state index is 12.6. The van der Waals surface area contributed by atoms with Crippen LogP contribution >= 0.6 is 11.8 Å². The first kappa shape index (κ1) is 17.7. The third-order valence-corrected chi connectivity index (χ3v) is 5.64. The molecule has 0 N–H and O–H groups in total. The van der Waals surface area contributed by atoms with E-state index in [1.54, 1.807) is 17.0 Å². The number of carbonyl (C=O) groups excluding carboxylic acids is 2. The highest BCUT2D eigenvalue weighted by atomic mass is 32.2. The Balaban J connectivity index is 1.50. The van der Waals surface area contributed by atoms with Crippen LogP contribution in [0.2, 0.25) is 0 Å². The maximum absolute atomic E-state index is 12.6. The predicted octanol–water partition coefficient (Wildman–Crippen LogP) is 2.16. The van der Waals surface area contributed by atoms with Crippen molar-refractivity contribution < 1.29 is 14.5 Å². The normalized spacial score (nSPS) is 18.8. The molecule has 0 radical (unpaired) electrons. The number of non-ortho nitro benzene ring substituents is 1. The van der Waals surface area contributed by atoms with E-state index >= 15 is 0 Å². The molecule has 0 spiro atoms. The zero-order valence-electron chi connectivity index (χ0n) is 14.1. The SMILES string of the molecule is CC(Sc1ccc([N+](=O)[O-])cc1)C(=O)N1CCN(C(=O)C2CC2)CC1. The third-order valence-electron chi connectivity index (χ3n) is 4.54. The van der Waals surface area contributed by atoms with Gasteiger partial charge < -0.3 is 9.80 Å². The molecule has 2 amide bonds. The van der Waals surface area contributed by atoms with Crippen molar-refractivity contribution in [1.82, 2.24) is 9.80 Å². The van der Waals surface area contributed by atoms with Crippen LogP contribution in [0.5, 0.6) is 0 Å². The molecule has 2 aliphatic rings. The van der Waals surface area contributed by atoms with Crippen LogP contribution in [0.25, 0.3) is 0 Å². The van der Waals surface area contributed by atoms with Crippen LogP contribution < -0.4 is 0 Å². The Morgan fingerprint density at radius 3 is 2.20 bits per heavy atom. The van der Waals surface area contributed by atoms with Gasteiger partial charge in [0.15, 0.2) is 0 Å². The molecule has 1 saturated carbocycles. The van der Waals surface area contributed by atoms with Gasteiger partial charge in [-0.2, -0.15) is 0 Å². The molecular formula is C17H21N3O4S. The smallest absolute Gasteiger partial charge is 0.269 e. The van der Waals surface area contributed by atoms with Gasteiger partial charge in [-0.05, 0) is 31.9 Å². The molecule has 1 aliphatic carbocycles. The fourth-order valence-corrected chi connectivity index (χ4v) is 3.85. The molecule has 1 saturated heterocycles. The summed E-state index contributed by atoms with van der Waals surface area (Å²) >= 11 is 1.39. The molecule has 1 aromatic carbocycles. The van der Waals surface area contributed by atoms with Gasteiger partial charge >= 0.3 is 0 Å². The summed E-state index contributed by atoms with van der Waals surface area (Å²) in [4.78, 5) is 39.4.